The highest BCUT2D eigenvalue weighted by molar-refractivity contribution is 5.89. The zero-order valence-corrected chi connectivity index (χ0v) is 20.7. The Hall–Kier alpha value is -3.67. The molecule has 7 nitrogen and oxygen atoms in total. The number of rotatable bonds is 5. The van der Waals surface area contributed by atoms with Crippen LogP contribution in [-0.4, -0.2) is 44.1 Å². The molecule has 2 aromatic heterocycles. The van der Waals surface area contributed by atoms with Gasteiger partial charge in [-0.05, 0) is 51.0 Å². The molecule has 1 aliphatic heterocycles. The van der Waals surface area contributed by atoms with Crippen LogP contribution in [-0.2, 0) is 18.2 Å². The van der Waals surface area contributed by atoms with Gasteiger partial charge in [-0.2, -0.15) is 13.2 Å². The van der Waals surface area contributed by atoms with Gasteiger partial charge in [-0.1, -0.05) is 12.1 Å². The number of halogens is 5. The van der Waals surface area contributed by atoms with E-state index >= 15 is 0 Å². The summed E-state index contributed by atoms with van der Waals surface area (Å²) in [7, 11) is 0. The van der Waals surface area contributed by atoms with Crippen LogP contribution in [0.5, 0.6) is 0 Å². The predicted molar refractivity (Wildman–Crippen MR) is 128 cm³/mol. The lowest BCUT2D eigenvalue weighted by molar-refractivity contribution is -0.141. The predicted octanol–water partition coefficient (Wildman–Crippen LogP) is 5.34. The van der Waals surface area contributed by atoms with E-state index in [2.05, 4.69) is 20.3 Å². The number of anilines is 1. The topological polar surface area (TPSA) is 91.2 Å². The number of likely N-dealkylation sites (tertiary alicyclic amines) is 1. The van der Waals surface area contributed by atoms with Gasteiger partial charge in [0.05, 0.1) is 11.3 Å². The molecule has 202 valence electrons. The first kappa shape index (κ1) is 27.4. The van der Waals surface area contributed by atoms with E-state index in [1.54, 1.807) is 6.92 Å². The van der Waals surface area contributed by atoms with E-state index in [0.29, 0.717) is 29.9 Å². The minimum atomic E-state index is -4.61. The fourth-order valence-electron chi connectivity index (χ4n) is 4.56. The number of aliphatic hydroxyl groups is 1. The van der Waals surface area contributed by atoms with Gasteiger partial charge < -0.3 is 15.3 Å². The molecular weight excluding hydrogens is 509 g/mol. The summed E-state index contributed by atoms with van der Waals surface area (Å²) in [6.45, 7) is 3.67. The Bertz CT molecular complexity index is 1300. The van der Waals surface area contributed by atoms with Crippen molar-refractivity contribution < 1.29 is 31.9 Å². The second-order valence-electron chi connectivity index (χ2n) is 9.47. The van der Waals surface area contributed by atoms with Crippen molar-refractivity contribution in [3.63, 3.8) is 0 Å². The number of amides is 2. The number of hydrogen-bond acceptors (Lipinski definition) is 5. The first-order valence-corrected chi connectivity index (χ1v) is 11.9. The Morgan fingerprint density at radius 1 is 1.08 bits per heavy atom. The first-order valence-electron chi connectivity index (χ1n) is 11.9. The van der Waals surface area contributed by atoms with Crippen molar-refractivity contribution in [2.24, 2.45) is 0 Å². The van der Waals surface area contributed by atoms with Gasteiger partial charge in [0, 0.05) is 42.9 Å². The highest BCUT2D eigenvalue weighted by Gasteiger charge is 2.36. The number of benzene rings is 1. The fourth-order valence-corrected chi connectivity index (χ4v) is 4.56. The van der Waals surface area contributed by atoms with Gasteiger partial charge in [-0.25, -0.2) is 28.5 Å². The summed E-state index contributed by atoms with van der Waals surface area (Å²) in [5.41, 5.74) is -2.24. The summed E-state index contributed by atoms with van der Waals surface area (Å²) in [4.78, 5) is 26.4. The van der Waals surface area contributed by atoms with Gasteiger partial charge in [0.2, 0.25) is 0 Å². The lowest BCUT2D eigenvalue weighted by atomic mass is 9.83. The number of para-hydroxylation sites is 1. The molecule has 1 aliphatic rings. The Morgan fingerprint density at radius 2 is 1.71 bits per heavy atom. The second-order valence-corrected chi connectivity index (χ2v) is 9.47. The number of hydrogen-bond donors (Lipinski definition) is 2. The average Bonchev–Trinajstić information content (AvgIpc) is 2.85. The molecule has 0 spiro atoms. The van der Waals surface area contributed by atoms with E-state index in [0.717, 1.165) is 18.2 Å². The lowest BCUT2D eigenvalue weighted by Crippen LogP contribution is -2.41. The van der Waals surface area contributed by atoms with E-state index in [9.17, 15) is 31.9 Å². The van der Waals surface area contributed by atoms with E-state index < -0.39 is 40.8 Å². The molecule has 0 bridgehead atoms. The number of nitrogens with zero attached hydrogens (tertiary/aromatic N) is 4. The molecule has 0 radical (unpaired) electrons. The van der Waals surface area contributed by atoms with Gasteiger partial charge >= 0.3 is 12.2 Å². The molecule has 1 saturated heterocycles. The second kappa shape index (κ2) is 10.6. The zero-order valence-electron chi connectivity index (χ0n) is 20.7. The van der Waals surface area contributed by atoms with Crippen molar-refractivity contribution in [1.82, 2.24) is 19.9 Å². The molecule has 4 rings (SSSR count). The van der Waals surface area contributed by atoms with E-state index in [1.807, 2.05) is 0 Å². The third-order valence-electron chi connectivity index (χ3n) is 6.51. The lowest BCUT2D eigenvalue weighted by Gasteiger charge is -2.34. The van der Waals surface area contributed by atoms with Crippen LogP contribution in [0.3, 0.4) is 0 Å². The number of urea groups is 1. The maximum atomic E-state index is 13.9. The Labute approximate surface area is 215 Å². The van der Waals surface area contributed by atoms with Crippen molar-refractivity contribution >= 4 is 11.7 Å². The van der Waals surface area contributed by atoms with E-state index in [1.165, 1.54) is 36.2 Å². The van der Waals surface area contributed by atoms with Crippen LogP contribution in [0.15, 0.2) is 42.6 Å². The van der Waals surface area contributed by atoms with Gasteiger partial charge in [-0.3, -0.25) is 0 Å². The summed E-state index contributed by atoms with van der Waals surface area (Å²) in [6.07, 6.45) is -2.47. The number of aromatic nitrogens is 3. The normalized spacial score (nSPS) is 16.3. The molecule has 1 unspecified atom stereocenters. The number of carbonyl (C=O) groups excluding carboxylic acids is 1. The largest absolute Gasteiger partial charge is 0.433 e. The standard InChI is InChI=1S/C26H26F5N5O2/c1-15-32-14-18(25(2,38)13-17-5-3-8-21(34-17)26(29,30)31)22(33-15)16-9-11-36(12-10-16)24(37)35-23-19(27)6-4-7-20(23)28/h3-8,14,16,38H,9-13H2,1-2H3,(H,35,37). The van der Waals surface area contributed by atoms with Crippen LogP contribution in [0.4, 0.5) is 32.4 Å². The fraction of sp³-hybridized carbons (Fsp3) is 0.385. The molecule has 0 aliphatic carbocycles. The first-order chi connectivity index (χ1) is 17.8. The number of aryl methyl sites for hydroxylation is 1. The smallest absolute Gasteiger partial charge is 0.385 e. The summed E-state index contributed by atoms with van der Waals surface area (Å²) in [5, 5.41) is 13.6. The van der Waals surface area contributed by atoms with Crippen molar-refractivity contribution in [3.05, 3.63) is 82.7 Å². The Morgan fingerprint density at radius 3 is 2.34 bits per heavy atom. The zero-order chi connectivity index (χ0) is 27.7. The molecule has 1 atom stereocenters. The number of pyridine rings is 1. The summed E-state index contributed by atoms with van der Waals surface area (Å²) in [5.74, 6) is -1.51. The molecule has 12 heteroatoms. The molecule has 38 heavy (non-hydrogen) atoms. The maximum Gasteiger partial charge on any atom is 0.433 e. The van der Waals surface area contributed by atoms with Gasteiger partial charge in [0.25, 0.3) is 0 Å². The number of carbonyl (C=O) groups is 1. The van der Waals surface area contributed by atoms with Crippen molar-refractivity contribution in [1.29, 1.82) is 0 Å². The van der Waals surface area contributed by atoms with Crippen molar-refractivity contribution in [2.45, 2.75) is 50.8 Å². The monoisotopic (exact) mass is 535 g/mol. The molecule has 3 heterocycles. The molecule has 0 saturated carbocycles. The SMILES string of the molecule is Cc1ncc(C(C)(O)Cc2cccc(C(F)(F)F)n2)c(C2CCN(C(=O)Nc3c(F)cccc3F)CC2)n1. The van der Waals surface area contributed by atoms with Crippen LogP contribution in [0.25, 0.3) is 0 Å². The van der Waals surface area contributed by atoms with Crippen LogP contribution >= 0.6 is 0 Å². The maximum absolute atomic E-state index is 13.9. The van der Waals surface area contributed by atoms with Crippen LogP contribution in [0.1, 0.15) is 54.2 Å². The van der Waals surface area contributed by atoms with Gasteiger partial charge in [0.1, 0.15) is 28.8 Å². The average molecular weight is 536 g/mol. The summed E-state index contributed by atoms with van der Waals surface area (Å²) >= 11 is 0. The number of nitrogens with one attached hydrogen (secondary N) is 1. The van der Waals surface area contributed by atoms with Crippen molar-refractivity contribution in [2.75, 3.05) is 18.4 Å². The third-order valence-corrected chi connectivity index (χ3v) is 6.51. The van der Waals surface area contributed by atoms with Gasteiger partial charge in [0.15, 0.2) is 0 Å². The Balaban J connectivity index is 1.50. The van der Waals surface area contributed by atoms with E-state index in [4.69, 9.17) is 0 Å². The molecular formula is C26H26F5N5O2. The van der Waals surface area contributed by atoms with Crippen molar-refractivity contribution in [3.8, 4) is 0 Å². The molecule has 1 aromatic carbocycles. The van der Waals surface area contributed by atoms with Crippen LogP contribution in [0.2, 0.25) is 0 Å². The summed E-state index contributed by atoms with van der Waals surface area (Å²) in [6, 6.07) is 6.16. The highest BCUT2D eigenvalue weighted by Crippen LogP contribution is 2.36. The number of piperidine rings is 1. The molecule has 2 N–H and O–H groups in total. The quantitative estimate of drug-likeness (QED) is 0.431. The minimum absolute atomic E-state index is 0.0585. The number of alkyl halides is 3. The highest BCUT2D eigenvalue weighted by atomic mass is 19.4. The molecule has 3 aromatic rings. The summed E-state index contributed by atoms with van der Waals surface area (Å²) < 4.78 is 67.2. The van der Waals surface area contributed by atoms with E-state index in [-0.39, 0.29) is 31.1 Å². The molecule has 2 amide bonds. The van der Waals surface area contributed by atoms with Crippen LogP contribution in [0, 0.1) is 18.6 Å². The minimum Gasteiger partial charge on any atom is -0.385 e. The molecule has 1 fully saturated rings. The van der Waals surface area contributed by atoms with Crippen LogP contribution < -0.4 is 5.32 Å². The van der Waals surface area contributed by atoms with Gasteiger partial charge in [-0.15, -0.1) is 0 Å². The Kier molecular flexibility index (Phi) is 7.63. The third kappa shape index (κ3) is 6.07.